The van der Waals surface area contributed by atoms with Crippen molar-refractivity contribution in [2.75, 3.05) is 5.73 Å². The topological polar surface area (TPSA) is 56.2 Å². The van der Waals surface area contributed by atoms with Crippen molar-refractivity contribution in [3.05, 3.63) is 23.7 Å². The number of hydrogen-bond donors (Lipinski definition) is 1. The molecule has 2 N–H and O–H groups in total. The van der Waals surface area contributed by atoms with Crippen molar-refractivity contribution in [1.82, 2.24) is 14.6 Å². The van der Waals surface area contributed by atoms with Gasteiger partial charge in [0.05, 0.1) is 17.6 Å². The van der Waals surface area contributed by atoms with Crippen LogP contribution in [0.15, 0.2) is 12.3 Å². The fraction of sp³-hybridized carbons (Fsp3) is 0.538. The third-order valence-corrected chi connectivity index (χ3v) is 3.83. The van der Waals surface area contributed by atoms with Crippen molar-refractivity contribution in [3.8, 4) is 0 Å². The molecule has 7 heteroatoms. The third-order valence-electron chi connectivity index (χ3n) is 3.83. The molecule has 3 rings (SSSR count). The van der Waals surface area contributed by atoms with Crippen molar-refractivity contribution in [1.29, 1.82) is 0 Å². The van der Waals surface area contributed by atoms with E-state index in [-0.39, 0.29) is 11.6 Å². The summed E-state index contributed by atoms with van der Waals surface area (Å²) in [5.74, 6) is 0.162. The average molecular weight is 284 g/mol. The second-order valence-corrected chi connectivity index (χ2v) is 5.23. The van der Waals surface area contributed by atoms with Crippen LogP contribution in [-0.4, -0.2) is 14.6 Å². The number of alkyl halides is 3. The minimum absolute atomic E-state index is 0.162. The first-order valence-electron chi connectivity index (χ1n) is 6.68. The normalized spacial score (nSPS) is 17.8. The van der Waals surface area contributed by atoms with Gasteiger partial charge >= 0.3 is 6.18 Å². The van der Waals surface area contributed by atoms with Gasteiger partial charge in [0.15, 0.2) is 11.3 Å². The molecule has 0 aliphatic heterocycles. The lowest BCUT2D eigenvalue weighted by molar-refractivity contribution is -0.141. The van der Waals surface area contributed by atoms with Crippen LogP contribution in [0.3, 0.4) is 0 Å². The van der Waals surface area contributed by atoms with Gasteiger partial charge in [0.1, 0.15) is 0 Å². The highest BCUT2D eigenvalue weighted by molar-refractivity contribution is 5.51. The van der Waals surface area contributed by atoms with E-state index in [9.17, 15) is 13.2 Å². The van der Waals surface area contributed by atoms with Crippen LogP contribution in [0.4, 0.5) is 18.9 Å². The first kappa shape index (κ1) is 13.2. The van der Waals surface area contributed by atoms with Crippen molar-refractivity contribution in [2.24, 2.45) is 0 Å². The molecule has 4 nitrogen and oxygen atoms in total. The molecule has 0 spiro atoms. The summed E-state index contributed by atoms with van der Waals surface area (Å²) >= 11 is 0. The molecule has 0 radical (unpaired) electrons. The zero-order chi connectivity index (χ0) is 14.3. The van der Waals surface area contributed by atoms with Gasteiger partial charge < -0.3 is 5.73 Å². The fourth-order valence-corrected chi connectivity index (χ4v) is 2.89. The highest BCUT2D eigenvalue weighted by Crippen LogP contribution is 2.36. The quantitative estimate of drug-likeness (QED) is 0.873. The summed E-state index contributed by atoms with van der Waals surface area (Å²) < 4.78 is 39.6. The summed E-state index contributed by atoms with van der Waals surface area (Å²) in [6.45, 7) is 0. The first-order valence-corrected chi connectivity index (χ1v) is 6.68. The summed E-state index contributed by atoms with van der Waals surface area (Å²) in [6, 6.07) is 0.964. The SMILES string of the molecule is Nc1cnc2cc(C(F)(F)F)nn2c1C1CCCCC1. The lowest BCUT2D eigenvalue weighted by atomic mass is 9.86. The summed E-state index contributed by atoms with van der Waals surface area (Å²) in [7, 11) is 0. The van der Waals surface area contributed by atoms with E-state index >= 15 is 0 Å². The van der Waals surface area contributed by atoms with Crippen LogP contribution in [0.2, 0.25) is 0 Å². The van der Waals surface area contributed by atoms with E-state index in [0.717, 1.165) is 38.2 Å². The molecule has 1 aliphatic rings. The maximum Gasteiger partial charge on any atom is 0.435 e. The molecule has 0 saturated heterocycles. The van der Waals surface area contributed by atoms with Crippen molar-refractivity contribution in [3.63, 3.8) is 0 Å². The molecule has 1 saturated carbocycles. The zero-order valence-corrected chi connectivity index (χ0v) is 10.8. The number of anilines is 1. The zero-order valence-electron chi connectivity index (χ0n) is 10.8. The average Bonchev–Trinajstić information content (AvgIpc) is 2.83. The Balaban J connectivity index is 2.14. The van der Waals surface area contributed by atoms with Crippen molar-refractivity contribution < 1.29 is 13.2 Å². The minimum Gasteiger partial charge on any atom is -0.396 e. The molecule has 0 atom stereocenters. The van der Waals surface area contributed by atoms with Crippen molar-refractivity contribution >= 4 is 11.3 Å². The van der Waals surface area contributed by atoms with Gasteiger partial charge in [-0.25, -0.2) is 9.50 Å². The molecular formula is C13H15F3N4. The smallest absolute Gasteiger partial charge is 0.396 e. The highest BCUT2D eigenvalue weighted by atomic mass is 19.4. The molecule has 2 aromatic heterocycles. The van der Waals surface area contributed by atoms with Crippen LogP contribution < -0.4 is 5.73 Å². The van der Waals surface area contributed by atoms with Crippen molar-refractivity contribution in [2.45, 2.75) is 44.2 Å². The maximum absolute atomic E-state index is 12.8. The van der Waals surface area contributed by atoms with Crippen LogP contribution in [0.1, 0.15) is 49.4 Å². The molecule has 0 aromatic carbocycles. The Hall–Kier alpha value is -1.79. The molecule has 0 unspecified atom stereocenters. The lowest BCUT2D eigenvalue weighted by Gasteiger charge is -2.23. The lowest BCUT2D eigenvalue weighted by Crippen LogP contribution is -2.14. The fourth-order valence-electron chi connectivity index (χ4n) is 2.89. The Morgan fingerprint density at radius 3 is 2.55 bits per heavy atom. The molecule has 1 fully saturated rings. The van der Waals surface area contributed by atoms with Crippen LogP contribution in [0.25, 0.3) is 5.65 Å². The number of aromatic nitrogens is 3. The van der Waals surface area contributed by atoms with Gasteiger partial charge in [0.25, 0.3) is 0 Å². The Morgan fingerprint density at radius 2 is 1.90 bits per heavy atom. The van der Waals surface area contributed by atoms with Crippen LogP contribution >= 0.6 is 0 Å². The predicted molar refractivity (Wildman–Crippen MR) is 68.2 cm³/mol. The van der Waals surface area contributed by atoms with Gasteiger partial charge in [-0.15, -0.1) is 0 Å². The van der Waals surface area contributed by atoms with E-state index in [0.29, 0.717) is 11.4 Å². The molecule has 20 heavy (non-hydrogen) atoms. The molecule has 2 aromatic rings. The number of nitrogen functional groups attached to an aromatic ring is 1. The van der Waals surface area contributed by atoms with Crippen LogP contribution in [0.5, 0.6) is 0 Å². The number of fused-ring (bicyclic) bond motifs is 1. The predicted octanol–water partition coefficient (Wildman–Crippen LogP) is 3.38. The van der Waals surface area contributed by atoms with Crippen LogP contribution in [-0.2, 0) is 6.18 Å². The monoisotopic (exact) mass is 284 g/mol. The Bertz CT molecular complexity index is 626. The van der Waals surface area contributed by atoms with Crippen LogP contribution in [0, 0.1) is 0 Å². The molecule has 0 bridgehead atoms. The van der Waals surface area contributed by atoms with Gasteiger partial charge in [-0.05, 0) is 12.8 Å². The van der Waals surface area contributed by atoms with Gasteiger partial charge in [-0.2, -0.15) is 18.3 Å². The van der Waals surface area contributed by atoms with E-state index < -0.39 is 11.9 Å². The highest BCUT2D eigenvalue weighted by Gasteiger charge is 2.35. The van der Waals surface area contributed by atoms with Gasteiger partial charge in [-0.3, -0.25) is 0 Å². The largest absolute Gasteiger partial charge is 0.435 e. The Labute approximate surface area is 113 Å². The summed E-state index contributed by atoms with van der Waals surface area (Å²) in [6.07, 6.45) is 2.14. The number of nitrogens with two attached hydrogens (primary N) is 1. The van der Waals surface area contributed by atoms with Gasteiger partial charge in [0, 0.05) is 12.0 Å². The van der Waals surface area contributed by atoms with E-state index in [4.69, 9.17) is 5.73 Å². The number of halogens is 3. The van der Waals surface area contributed by atoms with E-state index in [1.54, 1.807) is 0 Å². The molecule has 1 aliphatic carbocycles. The second-order valence-electron chi connectivity index (χ2n) is 5.23. The van der Waals surface area contributed by atoms with E-state index in [2.05, 4.69) is 10.1 Å². The second kappa shape index (κ2) is 4.64. The Kier molecular flexibility index (Phi) is 3.07. The summed E-state index contributed by atoms with van der Waals surface area (Å²) in [5.41, 5.74) is 6.30. The number of hydrogen-bond acceptors (Lipinski definition) is 3. The number of rotatable bonds is 1. The molecule has 0 amide bonds. The Morgan fingerprint density at radius 1 is 1.20 bits per heavy atom. The minimum atomic E-state index is -4.47. The standard InChI is InChI=1S/C13H15F3N4/c14-13(15,16)10-6-11-18-7-9(17)12(20(11)19-10)8-4-2-1-3-5-8/h6-8H,1-5,17H2. The molecule has 2 heterocycles. The summed E-state index contributed by atoms with van der Waals surface area (Å²) in [5, 5.41) is 3.67. The van der Waals surface area contributed by atoms with E-state index in [1.165, 1.54) is 10.7 Å². The molecule has 108 valence electrons. The van der Waals surface area contributed by atoms with Gasteiger partial charge in [0.2, 0.25) is 0 Å². The van der Waals surface area contributed by atoms with E-state index in [1.807, 2.05) is 0 Å². The maximum atomic E-state index is 12.8. The summed E-state index contributed by atoms with van der Waals surface area (Å²) in [4.78, 5) is 3.95. The first-order chi connectivity index (χ1) is 9.47. The number of nitrogens with zero attached hydrogens (tertiary/aromatic N) is 3. The van der Waals surface area contributed by atoms with Gasteiger partial charge in [-0.1, -0.05) is 19.3 Å². The molecular weight excluding hydrogens is 269 g/mol. The third kappa shape index (κ3) is 2.21.